The lowest BCUT2D eigenvalue weighted by molar-refractivity contribution is 0.0352. The van der Waals surface area contributed by atoms with E-state index in [2.05, 4.69) is 20.9 Å². The van der Waals surface area contributed by atoms with Crippen LogP contribution in [0, 0.1) is 0 Å². The Morgan fingerprint density at radius 2 is 2.12 bits per heavy atom. The van der Waals surface area contributed by atoms with Crippen LogP contribution in [0.25, 0.3) is 10.9 Å². The van der Waals surface area contributed by atoms with E-state index >= 15 is 0 Å². The summed E-state index contributed by atoms with van der Waals surface area (Å²) in [6.07, 6.45) is -0.0404. The van der Waals surface area contributed by atoms with Gasteiger partial charge in [0, 0.05) is 33.0 Å². The second-order valence-corrected chi connectivity index (χ2v) is 4.68. The van der Waals surface area contributed by atoms with Gasteiger partial charge in [0.05, 0.1) is 6.10 Å². The van der Waals surface area contributed by atoms with Gasteiger partial charge in [-0.3, -0.25) is 0 Å². The Balaban J connectivity index is 2.45. The highest BCUT2D eigenvalue weighted by molar-refractivity contribution is 9.09. The summed E-state index contributed by atoms with van der Waals surface area (Å²) in [6, 6.07) is 5.37. The van der Waals surface area contributed by atoms with Crippen LogP contribution in [0.4, 0.5) is 0 Å². The molecule has 1 heterocycles. The Labute approximate surface area is 106 Å². The molecule has 0 saturated heterocycles. The van der Waals surface area contributed by atoms with E-state index in [1.165, 1.54) is 0 Å². The number of H-pyrrole nitrogens is 1. The molecule has 16 heavy (non-hydrogen) atoms. The van der Waals surface area contributed by atoms with Gasteiger partial charge in [0.2, 0.25) is 0 Å². The van der Waals surface area contributed by atoms with Crippen LogP contribution in [-0.2, 0) is 0 Å². The molecule has 0 aliphatic heterocycles. The van der Waals surface area contributed by atoms with E-state index in [1.54, 1.807) is 18.3 Å². The van der Waals surface area contributed by atoms with Crippen molar-refractivity contribution < 1.29 is 10.2 Å². The number of halogens is 2. The molecule has 86 valence electrons. The van der Waals surface area contributed by atoms with E-state index in [9.17, 15) is 10.2 Å². The molecule has 2 aromatic rings. The predicted octanol–water partition coefficient (Wildman–Crippen LogP) is 2.61. The largest absolute Gasteiger partial charge is 0.389 e. The van der Waals surface area contributed by atoms with Crippen LogP contribution in [0.2, 0.25) is 5.02 Å². The summed E-state index contributed by atoms with van der Waals surface area (Å²) in [7, 11) is 0. The summed E-state index contributed by atoms with van der Waals surface area (Å²) in [4.78, 5) is 3.02. The zero-order valence-electron chi connectivity index (χ0n) is 8.32. The van der Waals surface area contributed by atoms with E-state index in [0.717, 1.165) is 10.9 Å². The SMILES string of the molecule is OC(CBr)C(O)c1c[nH]c2cc(Cl)ccc12. The number of aromatic amines is 1. The minimum Gasteiger partial charge on any atom is -0.389 e. The monoisotopic (exact) mass is 303 g/mol. The Bertz CT molecular complexity index is 500. The quantitative estimate of drug-likeness (QED) is 0.764. The van der Waals surface area contributed by atoms with Crippen molar-refractivity contribution in [2.24, 2.45) is 0 Å². The smallest absolute Gasteiger partial charge is 0.108 e. The van der Waals surface area contributed by atoms with Crippen molar-refractivity contribution in [3.05, 3.63) is 35.0 Å². The van der Waals surface area contributed by atoms with E-state index in [1.807, 2.05) is 6.07 Å². The highest BCUT2D eigenvalue weighted by Gasteiger charge is 2.20. The summed E-state index contributed by atoms with van der Waals surface area (Å²) in [6.45, 7) is 0. The number of fused-ring (bicyclic) bond motifs is 1. The molecule has 2 atom stereocenters. The molecule has 3 N–H and O–H groups in total. The zero-order chi connectivity index (χ0) is 11.7. The van der Waals surface area contributed by atoms with Crippen molar-refractivity contribution in [1.29, 1.82) is 0 Å². The van der Waals surface area contributed by atoms with Crippen molar-refractivity contribution in [3.8, 4) is 0 Å². The molecule has 1 aromatic heterocycles. The van der Waals surface area contributed by atoms with Crippen LogP contribution >= 0.6 is 27.5 Å². The molecule has 0 radical (unpaired) electrons. The average molecular weight is 305 g/mol. The molecule has 0 aliphatic rings. The standard InChI is InChI=1S/C11H11BrClNO2/c12-4-10(15)11(16)8-5-14-9-3-6(13)1-2-7(8)9/h1-3,5,10-11,14-16H,4H2. The predicted molar refractivity (Wildman–Crippen MR) is 68.1 cm³/mol. The second kappa shape index (κ2) is 4.75. The topological polar surface area (TPSA) is 56.2 Å². The highest BCUT2D eigenvalue weighted by Crippen LogP contribution is 2.28. The van der Waals surface area contributed by atoms with Crippen LogP contribution in [0.3, 0.4) is 0 Å². The van der Waals surface area contributed by atoms with Gasteiger partial charge in [0.15, 0.2) is 0 Å². The lowest BCUT2D eigenvalue weighted by Crippen LogP contribution is -2.19. The van der Waals surface area contributed by atoms with Gasteiger partial charge in [-0.05, 0) is 12.1 Å². The third kappa shape index (κ3) is 2.11. The molecule has 1 aromatic carbocycles. The van der Waals surface area contributed by atoms with E-state index < -0.39 is 12.2 Å². The van der Waals surface area contributed by atoms with Gasteiger partial charge in [0.1, 0.15) is 6.10 Å². The van der Waals surface area contributed by atoms with Crippen molar-refractivity contribution in [2.75, 3.05) is 5.33 Å². The fourth-order valence-corrected chi connectivity index (χ4v) is 2.18. The first-order valence-corrected chi connectivity index (χ1v) is 6.32. The van der Waals surface area contributed by atoms with Gasteiger partial charge in [0.25, 0.3) is 0 Å². The zero-order valence-corrected chi connectivity index (χ0v) is 10.7. The van der Waals surface area contributed by atoms with Crippen LogP contribution in [-0.4, -0.2) is 26.6 Å². The van der Waals surface area contributed by atoms with Crippen LogP contribution in [0.1, 0.15) is 11.7 Å². The van der Waals surface area contributed by atoms with Crippen LogP contribution in [0.5, 0.6) is 0 Å². The lowest BCUT2D eigenvalue weighted by Gasteiger charge is -2.14. The molecule has 0 amide bonds. The van der Waals surface area contributed by atoms with Crippen molar-refractivity contribution in [3.63, 3.8) is 0 Å². The first-order valence-electron chi connectivity index (χ1n) is 4.82. The summed E-state index contributed by atoms with van der Waals surface area (Å²) < 4.78 is 0. The molecule has 0 saturated carbocycles. The van der Waals surface area contributed by atoms with Crippen molar-refractivity contribution in [2.45, 2.75) is 12.2 Å². The number of rotatable bonds is 3. The molecule has 2 unspecified atom stereocenters. The molecular formula is C11H11BrClNO2. The number of hydrogen-bond acceptors (Lipinski definition) is 2. The number of aliphatic hydroxyl groups excluding tert-OH is 2. The number of hydrogen-bond donors (Lipinski definition) is 3. The number of aliphatic hydroxyl groups is 2. The molecule has 3 nitrogen and oxygen atoms in total. The maximum Gasteiger partial charge on any atom is 0.108 e. The number of alkyl halides is 1. The third-order valence-electron chi connectivity index (χ3n) is 2.52. The fraction of sp³-hybridized carbons (Fsp3) is 0.273. The Morgan fingerprint density at radius 3 is 2.81 bits per heavy atom. The van der Waals surface area contributed by atoms with Crippen LogP contribution < -0.4 is 0 Å². The van der Waals surface area contributed by atoms with Crippen molar-refractivity contribution in [1.82, 2.24) is 4.98 Å². The number of aromatic nitrogens is 1. The van der Waals surface area contributed by atoms with E-state index in [0.29, 0.717) is 15.9 Å². The second-order valence-electron chi connectivity index (χ2n) is 3.60. The molecule has 2 rings (SSSR count). The maximum atomic E-state index is 9.91. The summed E-state index contributed by atoms with van der Waals surface area (Å²) >= 11 is 8.99. The maximum absolute atomic E-state index is 9.91. The van der Waals surface area contributed by atoms with Crippen molar-refractivity contribution >= 4 is 38.4 Å². The minimum absolute atomic E-state index is 0.328. The highest BCUT2D eigenvalue weighted by atomic mass is 79.9. The molecule has 5 heteroatoms. The van der Waals surface area contributed by atoms with E-state index in [4.69, 9.17) is 11.6 Å². The minimum atomic E-state index is -0.908. The Hall–Kier alpha value is -0.550. The van der Waals surface area contributed by atoms with Crippen LogP contribution in [0.15, 0.2) is 24.4 Å². The molecule has 0 aliphatic carbocycles. The molecular weight excluding hydrogens is 293 g/mol. The summed E-state index contributed by atoms with van der Waals surface area (Å²) in [5.74, 6) is 0. The van der Waals surface area contributed by atoms with Gasteiger partial charge in [-0.1, -0.05) is 33.6 Å². The van der Waals surface area contributed by atoms with Gasteiger partial charge < -0.3 is 15.2 Å². The number of benzene rings is 1. The molecule has 0 fully saturated rings. The van der Waals surface area contributed by atoms with Gasteiger partial charge in [-0.15, -0.1) is 0 Å². The first kappa shape index (κ1) is 11.9. The lowest BCUT2D eigenvalue weighted by atomic mass is 10.0. The molecule has 0 spiro atoms. The Morgan fingerprint density at radius 1 is 1.38 bits per heavy atom. The normalized spacial score (nSPS) is 15.2. The summed E-state index contributed by atoms with van der Waals surface area (Å²) in [5, 5.41) is 21.3. The van der Waals surface area contributed by atoms with Gasteiger partial charge in [-0.25, -0.2) is 0 Å². The number of nitrogens with one attached hydrogen (secondary N) is 1. The fourth-order valence-electron chi connectivity index (χ4n) is 1.66. The van der Waals surface area contributed by atoms with E-state index in [-0.39, 0.29) is 0 Å². The summed E-state index contributed by atoms with van der Waals surface area (Å²) in [5.41, 5.74) is 1.53. The third-order valence-corrected chi connectivity index (χ3v) is 3.42. The Kier molecular flexibility index (Phi) is 3.54. The van der Waals surface area contributed by atoms with Gasteiger partial charge in [-0.2, -0.15) is 0 Å². The molecule has 0 bridgehead atoms. The van der Waals surface area contributed by atoms with Gasteiger partial charge >= 0.3 is 0 Å². The average Bonchev–Trinajstić information content (AvgIpc) is 2.69. The first-order chi connectivity index (χ1) is 7.63.